The van der Waals surface area contributed by atoms with Gasteiger partial charge in [0, 0.05) is 49.5 Å². The molecule has 0 aromatic heterocycles. The first-order valence-electron chi connectivity index (χ1n) is 9.36. The summed E-state index contributed by atoms with van der Waals surface area (Å²) < 4.78 is 0. The minimum absolute atomic E-state index is 0.122. The Morgan fingerprint density at radius 2 is 1.92 bits per heavy atom. The molecule has 1 aromatic carbocycles. The molecule has 1 atom stereocenters. The molecule has 2 fully saturated rings. The first kappa shape index (κ1) is 19.0. The zero-order chi connectivity index (χ0) is 18.5. The largest absolute Gasteiger partial charge is 0.339 e. The highest BCUT2D eigenvalue weighted by atomic mass is 35.5. The SMILES string of the molecule is CC1CCCCN1C(=O)CN1CCN(C(=O)Nc2cccc(Cl)c2)CC1. The summed E-state index contributed by atoms with van der Waals surface area (Å²) in [5.41, 5.74) is 0.694. The van der Waals surface area contributed by atoms with Gasteiger partial charge < -0.3 is 15.1 Å². The lowest BCUT2D eigenvalue weighted by Gasteiger charge is -2.38. The Morgan fingerprint density at radius 1 is 1.15 bits per heavy atom. The van der Waals surface area contributed by atoms with Crippen LogP contribution in [0.3, 0.4) is 0 Å². The van der Waals surface area contributed by atoms with Crippen LogP contribution in [0.4, 0.5) is 10.5 Å². The van der Waals surface area contributed by atoms with E-state index in [0.717, 1.165) is 32.5 Å². The van der Waals surface area contributed by atoms with E-state index in [0.29, 0.717) is 36.4 Å². The number of nitrogens with one attached hydrogen (secondary N) is 1. The van der Waals surface area contributed by atoms with Gasteiger partial charge in [0.05, 0.1) is 6.54 Å². The van der Waals surface area contributed by atoms with Gasteiger partial charge in [-0.1, -0.05) is 17.7 Å². The molecule has 0 aliphatic carbocycles. The minimum Gasteiger partial charge on any atom is -0.339 e. The van der Waals surface area contributed by atoms with Crippen molar-refractivity contribution in [1.29, 1.82) is 0 Å². The number of nitrogens with zero attached hydrogens (tertiary/aromatic N) is 3. The Labute approximate surface area is 160 Å². The molecule has 0 radical (unpaired) electrons. The van der Waals surface area contributed by atoms with E-state index in [9.17, 15) is 9.59 Å². The number of benzene rings is 1. The Balaban J connectivity index is 1.45. The fourth-order valence-electron chi connectivity index (χ4n) is 3.63. The maximum Gasteiger partial charge on any atom is 0.321 e. The standard InChI is InChI=1S/C19H27ClN4O2/c1-15-5-2-3-8-24(15)18(25)14-22-9-11-23(12-10-22)19(26)21-17-7-4-6-16(20)13-17/h4,6-7,13,15H,2-3,5,8-12,14H2,1H3,(H,21,26). The Bertz CT molecular complexity index is 646. The van der Waals surface area contributed by atoms with Crippen LogP contribution in [0, 0.1) is 0 Å². The molecule has 0 bridgehead atoms. The highest BCUT2D eigenvalue weighted by molar-refractivity contribution is 6.30. The molecule has 1 N–H and O–H groups in total. The summed E-state index contributed by atoms with van der Waals surface area (Å²) in [6.07, 6.45) is 3.42. The number of urea groups is 1. The van der Waals surface area contributed by atoms with Crippen LogP contribution in [0.15, 0.2) is 24.3 Å². The average Bonchev–Trinajstić information content (AvgIpc) is 2.62. The van der Waals surface area contributed by atoms with Gasteiger partial charge in [0.25, 0.3) is 0 Å². The van der Waals surface area contributed by atoms with Crippen LogP contribution in [-0.2, 0) is 4.79 Å². The lowest BCUT2D eigenvalue weighted by molar-refractivity contribution is -0.136. The van der Waals surface area contributed by atoms with Gasteiger partial charge in [-0.05, 0) is 44.4 Å². The summed E-state index contributed by atoms with van der Waals surface area (Å²) in [6.45, 7) is 6.14. The number of likely N-dealkylation sites (tertiary alicyclic amines) is 1. The average molecular weight is 379 g/mol. The van der Waals surface area contributed by atoms with Gasteiger partial charge in [0.1, 0.15) is 0 Å². The molecule has 1 aromatic rings. The van der Waals surface area contributed by atoms with E-state index in [2.05, 4.69) is 17.1 Å². The second kappa shape index (κ2) is 8.73. The van der Waals surface area contributed by atoms with Gasteiger partial charge >= 0.3 is 6.03 Å². The first-order valence-corrected chi connectivity index (χ1v) is 9.74. The number of hydrogen-bond donors (Lipinski definition) is 1. The Hall–Kier alpha value is -1.79. The predicted octanol–water partition coefficient (Wildman–Crippen LogP) is 2.89. The normalized spacial score (nSPS) is 21.5. The topological polar surface area (TPSA) is 55.9 Å². The molecule has 3 rings (SSSR count). The Morgan fingerprint density at radius 3 is 2.62 bits per heavy atom. The predicted molar refractivity (Wildman–Crippen MR) is 104 cm³/mol. The van der Waals surface area contributed by atoms with E-state index in [1.807, 2.05) is 17.0 Å². The minimum atomic E-state index is -0.122. The lowest BCUT2D eigenvalue weighted by atomic mass is 10.0. The first-order chi connectivity index (χ1) is 12.5. The highest BCUT2D eigenvalue weighted by Gasteiger charge is 2.27. The monoisotopic (exact) mass is 378 g/mol. The molecule has 6 nitrogen and oxygen atoms in total. The molecule has 7 heteroatoms. The van der Waals surface area contributed by atoms with Crippen LogP contribution in [0.2, 0.25) is 5.02 Å². The van der Waals surface area contributed by atoms with Crippen molar-refractivity contribution in [3.8, 4) is 0 Å². The number of hydrogen-bond acceptors (Lipinski definition) is 3. The van der Waals surface area contributed by atoms with E-state index in [1.165, 1.54) is 6.42 Å². The number of rotatable bonds is 3. The van der Waals surface area contributed by atoms with Gasteiger partial charge in [0.2, 0.25) is 5.91 Å². The summed E-state index contributed by atoms with van der Waals surface area (Å²) in [6, 6.07) is 7.36. The molecule has 3 amide bonds. The number of piperidine rings is 1. The summed E-state index contributed by atoms with van der Waals surface area (Å²) in [7, 11) is 0. The molecule has 2 aliphatic heterocycles. The highest BCUT2D eigenvalue weighted by Crippen LogP contribution is 2.18. The van der Waals surface area contributed by atoms with E-state index in [1.54, 1.807) is 17.0 Å². The van der Waals surface area contributed by atoms with Gasteiger partial charge in [0.15, 0.2) is 0 Å². The molecular formula is C19H27ClN4O2. The molecular weight excluding hydrogens is 352 g/mol. The molecule has 2 saturated heterocycles. The molecule has 2 heterocycles. The zero-order valence-electron chi connectivity index (χ0n) is 15.3. The smallest absolute Gasteiger partial charge is 0.321 e. The fourth-order valence-corrected chi connectivity index (χ4v) is 3.82. The van der Waals surface area contributed by atoms with E-state index in [4.69, 9.17) is 11.6 Å². The molecule has 1 unspecified atom stereocenters. The zero-order valence-corrected chi connectivity index (χ0v) is 16.0. The van der Waals surface area contributed by atoms with Gasteiger partial charge in [-0.25, -0.2) is 4.79 Å². The van der Waals surface area contributed by atoms with Crippen molar-refractivity contribution in [2.75, 3.05) is 44.6 Å². The molecule has 142 valence electrons. The lowest BCUT2D eigenvalue weighted by Crippen LogP contribution is -2.53. The van der Waals surface area contributed by atoms with Crippen LogP contribution in [0.25, 0.3) is 0 Å². The van der Waals surface area contributed by atoms with Crippen molar-refractivity contribution >= 4 is 29.2 Å². The van der Waals surface area contributed by atoms with Crippen LogP contribution in [0.1, 0.15) is 26.2 Å². The fraction of sp³-hybridized carbons (Fsp3) is 0.579. The quantitative estimate of drug-likeness (QED) is 0.879. The number of piperazine rings is 1. The van der Waals surface area contributed by atoms with Gasteiger partial charge in [-0.2, -0.15) is 0 Å². The number of halogens is 1. The maximum atomic E-state index is 12.5. The van der Waals surface area contributed by atoms with Crippen molar-refractivity contribution in [1.82, 2.24) is 14.7 Å². The van der Waals surface area contributed by atoms with Crippen LogP contribution in [0.5, 0.6) is 0 Å². The van der Waals surface area contributed by atoms with Crippen molar-refractivity contribution in [2.24, 2.45) is 0 Å². The Kier molecular flexibility index (Phi) is 6.38. The third-order valence-electron chi connectivity index (χ3n) is 5.22. The number of carbonyl (C=O) groups is 2. The second-order valence-electron chi connectivity index (χ2n) is 7.14. The summed E-state index contributed by atoms with van der Waals surface area (Å²) >= 11 is 5.95. The van der Waals surface area contributed by atoms with Crippen LogP contribution in [-0.4, -0.2) is 71.9 Å². The van der Waals surface area contributed by atoms with E-state index >= 15 is 0 Å². The van der Waals surface area contributed by atoms with Crippen molar-refractivity contribution in [3.63, 3.8) is 0 Å². The third-order valence-corrected chi connectivity index (χ3v) is 5.45. The molecule has 0 spiro atoms. The molecule has 2 aliphatic rings. The summed E-state index contributed by atoms with van der Waals surface area (Å²) in [4.78, 5) is 30.9. The number of amides is 3. The molecule has 0 saturated carbocycles. The van der Waals surface area contributed by atoms with Crippen molar-refractivity contribution in [3.05, 3.63) is 29.3 Å². The van der Waals surface area contributed by atoms with Crippen LogP contribution >= 0.6 is 11.6 Å². The van der Waals surface area contributed by atoms with Crippen LogP contribution < -0.4 is 5.32 Å². The molecule has 26 heavy (non-hydrogen) atoms. The van der Waals surface area contributed by atoms with Crippen molar-refractivity contribution < 1.29 is 9.59 Å². The summed E-state index contributed by atoms with van der Waals surface area (Å²) in [5, 5.41) is 3.47. The van der Waals surface area contributed by atoms with E-state index < -0.39 is 0 Å². The summed E-state index contributed by atoms with van der Waals surface area (Å²) in [5.74, 6) is 0.217. The van der Waals surface area contributed by atoms with Gasteiger partial charge in [-0.15, -0.1) is 0 Å². The third kappa shape index (κ3) is 4.89. The van der Waals surface area contributed by atoms with E-state index in [-0.39, 0.29) is 11.9 Å². The number of anilines is 1. The maximum absolute atomic E-state index is 12.5. The second-order valence-corrected chi connectivity index (χ2v) is 7.57. The number of carbonyl (C=O) groups excluding carboxylic acids is 2. The van der Waals surface area contributed by atoms with Gasteiger partial charge in [-0.3, -0.25) is 9.69 Å². The van der Waals surface area contributed by atoms with Crippen molar-refractivity contribution in [2.45, 2.75) is 32.2 Å².